The van der Waals surface area contributed by atoms with Crippen molar-refractivity contribution in [2.45, 2.75) is 44.4 Å². The highest BCUT2D eigenvalue weighted by Gasteiger charge is 2.18. The van der Waals surface area contributed by atoms with E-state index in [4.69, 9.17) is 9.47 Å². The first-order chi connectivity index (χ1) is 16.4. The zero-order chi connectivity index (χ0) is 24.4. The van der Waals surface area contributed by atoms with Crippen molar-refractivity contribution in [3.8, 4) is 11.5 Å². The van der Waals surface area contributed by atoms with Crippen LogP contribution in [0.5, 0.6) is 11.5 Å². The Kier molecular flexibility index (Phi) is 9.09. The maximum Gasteiger partial charge on any atom is 0.262 e. The molecule has 0 aromatic heterocycles. The normalized spacial score (nSPS) is 14.2. The molecule has 0 saturated carbocycles. The van der Waals surface area contributed by atoms with Crippen molar-refractivity contribution < 1.29 is 22.7 Å². The van der Waals surface area contributed by atoms with Crippen molar-refractivity contribution in [1.82, 2.24) is 4.72 Å². The van der Waals surface area contributed by atoms with Gasteiger partial charge in [-0.3, -0.25) is 14.5 Å². The maximum atomic E-state index is 12.8. The van der Waals surface area contributed by atoms with Crippen molar-refractivity contribution in [1.29, 1.82) is 0 Å². The Labute approximate surface area is 201 Å². The zero-order valence-electron chi connectivity index (χ0n) is 19.5. The van der Waals surface area contributed by atoms with Gasteiger partial charge >= 0.3 is 0 Å². The summed E-state index contributed by atoms with van der Waals surface area (Å²) in [6.45, 7) is 5.43. The largest absolute Gasteiger partial charge is 0.490 e. The first-order valence-electron chi connectivity index (χ1n) is 11.5. The number of carbonyl (C=O) groups is 1. The van der Waals surface area contributed by atoms with Crippen LogP contribution in [0.15, 0.2) is 58.4 Å². The van der Waals surface area contributed by atoms with E-state index in [1.807, 2.05) is 19.9 Å². The minimum atomic E-state index is -3.78. The number of anilines is 1. The molecule has 8 nitrogen and oxygen atoms in total. The highest BCUT2D eigenvalue weighted by Crippen LogP contribution is 2.29. The molecular weight excluding hydrogens is 454 g/mol. The molecule has 9 heteroatoms. The lowest BCUT2D eigenvalue weighted by atomic mass is 10.2. The third kappa shape index (κ3) is 7.34. The Morgan fingerprint density at radius 1 is 1.03 bits per heavy atom. The Morgan fingerprint density at radius 3 is 2.62 bits per heavy atom. The molecule has 1 aliphatic rings. The lowest BCUT2D eigenvalue weighted by molar-refractivity contribution is -0.111. The maximum absolute atomic E-state index is 12.8. The number of ether oxygens (including phenoxy) is 2. The minimum absolute atomic E-state index is 0.0640. The summed E-state index contributed by atoms with van der Waals surface area (Å²) >= 11 is 0. The number of nitrogens with zero attached hydrogens (tertiary/aromatic N) is 1. The van der Waals surface area contributed by atoms with Crippen molar-refractivity contribution in [2.24, 2.45) is 4.99 Å². The summed E-state index contributed by atoms with van der Waals surface area (Å²) in [6.07, 6.45) is 6.55. The third-order valence-electron chi connectivity index (χ3n) is 5.03. The second-order valence-electron chi connectivity index (χ2n) is 7.67. The van der Waals surface area contributed by atoms with Gasteiger partial charge in [-0.15, -0.1) is 0 Å². The topological polar surface area (TPSA) is 106 Å². The number of amides is 1. The van der Waals surface area contributed by atoms with Crippen LogP contribution in [0, 0.1) is 0 Å². The summed E-state index contributed by atoms with van der Waals surface area (Å²) < 4.78 is 39.3. The summed E-state index contributed by atoms with van der Waals surface area (Å²) in [5.41, 5.74) is 1.15. The fraction of sp³-hybridized carbons (Fsp3) is 0.360. The van der Waals surface area contributed by atoms with E-state index in [0.717, 1.165) is 24.8 Å². The molecule has 0 atom stereocenters. The minimum Gasteiger partial charge on any atom is -0.490 e. The lowest BCUT2D eigenvalue weighted by Crippen LogP contribution is -2.30. The monoisotopic (exact) mass is 485 g/mol. The number of sulfonamides is 1. The van der Waals surface area contributed by atoms with Crippen LogP contribution in [-0.2, 0) is 14.8 Å². The number of hydrogen-bond acceptors (Lipinski definition) is 6. The molecule has 34 heavy (non-hydrogen) atoms. The van der Waals surface area contributed by atoms with E-state index in [0.29, 0.717) is 49.2 Å². The molecule has 182 valence electrons. The first kappa shape index (κ1) is 25.3. The van der Waals surface area contributed by atoms with Gasteiger partial charge in [0.2, 0.25) is 5.91 Å². The molecular formula is C25H31N3O5S. The van der Waals surface area contributed by atoms with Gasteiger partial charge in [-0.1, -0.05) is 18.6 Å². The number of benzene rings is 2. The molecule has 0 radical (unpaired) electrons. The van der Waals surface area contributed by atoms with Crippen molar-refractivity contribution >= 4 is 33.5 Å². The van der Waals surface area contributed by atoms with Crippen molar-refractivity contribution in [3.63, 3.8) is 0 Å². The van der Waals surface area contributed by atoms with E-state index in [1.165, 1.54) is 18.2 Å². The average molecular weight is 486 g/mol. The summed E-state index contributed by atoms with van der Waals surface area (Å²) in [5.74, 6) is 1.35. The molecule has 0 bridgehead atoms. The van der Waals surface area contributed by atoms with Gasteiger partial charge in [0.05, 0.1) is 18.1 Å². The lowest BCUT2D eigenvalue weighted by Gasteiger charge is -2.11. The van der Waals surface area contributed by atoms with Gasteiger partial charge in [-0.05, 0) is 68.7 Å². The number of nitrogens with one attached hydrogen (secondary N) is 2. The summed E-state index contributed by atoms with van der Waals surface area (Å²) in [7, 11) is -3.78. The highest BCUT2D eigenvalue weighted by atomic mass is 32.2. The second kappa shape index (κ2) is 12.2. The van der Waals surface area contributed by atoms with Crippen LogP contribution >= 0.6 is 0 Å². The number of carbonyl (C=O) groups excluding carboxylic acids is 1. The molecule has 2 aromatic rings. The van der Waals surface area contributed by atoms with E-state index in [-0.39, 0.29) is 10.8 Å². The molecule has 1 heterocycles. The van der Waals surface area contributed by atoms with Gasteiger partial charge in [0.15, 0.2) is 11.5 Å². The van der Waals surface area contributed by atoms with E-state index < -0.39 is 10.0 Å². The fourth-order valence-corrected chi connectivity index (χ4v) is 4.57. The third-order valence-corrected chi connectivity index (χ3v) is 6.41. The fourth-order valence-electron chi connectivity index (χ4n) is 3.44. The van der Waals surface area contributed by atoms with Crippen LogP contribution < -0.4 is 19.5 Å². The van der Waals surface area contributed by atoms with Crippen LogP contribution in [-0.4, -0.2) is 39.9 Å². The van der Waals surface area contributed by atoms with E-state index in [2.05, 4.69) is 15.0 Å². The van der Waals surface area contributed by atoms with Gasteiger partial charge in [-0.25, -0.2) is 8.42 Å². The van der Waals surface area contributed by atoms with Crippen LogP contribution in [0.4, 0.5) is 5.69 Å². The average Bonchev–Trinajstić information content (AvgIpc) is 3.08. The SMILES string of the molecule is CCOc1ccc(/C=C/C(=O)Nc2cccc(S(=O)(=O)NC3=NCCCCC3)c2)cc1OCC. The molecule has 2 aromatic carbocycles. The molecule has 1 aliphatic heterocycles. The molecule has 0 aliphatic carbocycles. The number of amidine groups is 1. The van der Waals surface area contributed by atoms with E-state index in [9.17, 15) is 13.2 Å². The predicted octanol–water partition coefficient (Wildman–Crippen LogP) is 4.39. The zero-order valence-corrected chi connectivity index (χ0v) is 20.4. The molecule has 0 spiro atoms. The van der Waals surface area contributed by atoms with Crippen LogP contribution in [0.1, 0.15) is 45.1 Å². The number of rotatable bonds is 9. The van der Waals surface area contributed by atoms with Crippen LogP contribution in [0.3, 0.4) is 0 Å². The summed E-state index contributed by atoms with van der Waals surface area (Å²) in [5, 5.41) is 2.71. The molecule has 1 amide bonds. The highest BCUT2D eigenvalue weighted by molar-refractivity contribution is 7.90. The van der Waals surface area contributed by atoms with E-state index >= 15 is 0 Å². The van der Waals surface area contributed by atoms with Crippen LogP contribution in [0.25, 0.3) is 6.08 Å². The van der Waals surface area contributed by atoms with Gasteiger partial charge < -0.3 is 14.8 Å². The van der Waals surface area contributed by atoms with Gasteiger partial charge in [0.25, 0.3) is 10.0 Å². The molecule has 0 fully saturated rings. The molecule has 2 N–H and O–H groups in total. The molecule has 0 saturated heterocycles. The van der Waals surface area contributed by atoms with Crippen LogP contribution in [0.2, 0.25) is 0 Å². The van der Waals surface area contributed by atoms with Gasteiger partial charge in [0.1, 0.15) is 5.84 Å². The van der Waals surface area contributed by atoms with Crippen molar-refractivity contribution in [3.05, 3.63) is 54.1 Å². The number of aliphatic imine (C=N–C) groups is 1. The standard InChI is InChI=1S/C25H31N3O5S/c1-3-32-22-14-12-19(17-23(22)33-4-2)13-15-25(29)27-20-9-8-10-21(18-20)34(30,31)28-24-11-6-5-7-16-26-24/h8-10,12-15,17-18H,3-7,11,16H2,1-2H3,(H,26,28)(H,27,29)/b15-13+. The smallest absolute Gasteiger partial charge is 0.262 e. The molecule has 0 unspecified atom stereocenters. The summed E-state index contributed by atoms with van der Waals surface area (Å²) in [6, 6.07) is 11.6. The summed E-state index contributed by atoms with van der Waals surface area (Å²) in [4.78, 5) is 16.8. The van der Waals surface area contributed by atoms with E-state index in [1.54, 1.807) is 30.3 Å². The van der Waals surface area contributed by atoms with Crippen molar-refractivity contribution in [2.75, 3.05) is 25.1 Å². The van der Waals surface area contributed by atoms with Gasteiger partial charge in [-0.2, -0.15) is 0 Å². The Morgan fingerprint density at radius 2 is 1.82 bits per heavy atom. The Balaban J connectivity index is 1.67. The number of hydrogen-bond donors (Lipinski definition) is 2. The Bertz CT molecular complexity index is 1160. The first-order valence-corrected chi connectivity index (χ1v) is 12.9. The molecule has 3 rings (SSSR count). The Hall–Kier alpha value is -3.33. The predicted molar refractivity (Wildman–Crippen MR) is 134 cm³/mol. The quantitative estimate of drug-likeness (QED) is 0.513. The second-order valence-corrected chi connectivity index (χ2v) is 9.35. The van der Waals surface area contributed by atoms with Gasteiger partial charge in [0, 0.05) is 24.7 Å².